The molecule has 0 radical (unpaired) electrons. The number of carbonyl (C=O) groups is 2. The summed E-state index contributed by atoms with van der Waals surface area (Å²) in [5.41, 5.74) is 1.09. The molecule has 1 amide bonds. The van der Waals surface area contributed by atoms with E-state index in [0.29, 0.717) is 5.02 Å². The van der Waals surface area contributed by atoms with Crippen LogP contribution >= 0.6 is 11.6 Å². The number of allylic oxidation sites excluding steroid dienone is 1. The molecule has 0 aromatic heterocycles. The minimum Gasteiger partial charge on any atom is -0.468 e. The summed E-state index contributed by atoms with van der Waals surface area (Å²) in [4.78, 5) is 24.3. The maximum atomic E-state index is 11.9. The highest BCUT2D eigenvalue weighted by Crippen LogP contribution is 2.15. The first-order valence-corrected chi connectivity index (χ1v) is 7.23. The number of methoxy groups -OCH3 is 1. The number of carbonyl (C=O) groups excluding carboxylic acids is 2. The van der Waals surface area contributed by atoms with Gasteiger partial charge in [-0.15, -0.1) is 0 Å². The number of hydrogen-bond acceptors (Lipinski definition) is 5. The summed E-state index contributed by atoms with van der Waals surface area (Å²) >= 11 is 5.91. The average molecular weight is 337 g/mol. The van der Waals surface area contributed by atoms with Gasteiger partial charge in [0.15, 0.2) is 0 Å². The number of halogens is 1. The van der Waals surface area contributed by atoms with Crippen LogP contribution in [0, 0.1) is 11.3 Å². The van der Waals surface area contributed by atoms with Crippen molar-refractivity contribution in [3.05, 3.63) is 46.6 Å². The van der Waals surface area contributed by atoms with E-state index < -0.39 is 12.1 Å². The van der Waals surface area contributed by atoms with E-state index in [2.05, 4.69) is 4.74 Å². The van der Waals surface area contributed by atoms with Gasteiger partial charge in [0.25, 0.3) is 0 Å². The van der Waals surface area contributed by atoms with Gasteiger partial charge >= 0.3 is 12.1 Å². The summed E-state index contributed by atoms with van der Waals surface area (Å²) in [6, 6.07) is 9.03. The van der Waals surface area contributed by atoms with Crippen LogP contribution in [0.25, 0.3) is 0 Å². The van der Waals surface area contributed by atoms with Crippen molar-refractivity contribution in [2.45, 2.75) is 13.3 Å². The molecule has 0 unspecified atom stereocenters. The fourth-order valence-electron chi connectivity index (χ4n) is 1.74. The third-order valence-corrected chi connectivity index (χ3v) is 3.00. The van der Waals surface area contributed by atoms with Gasteiger partial charge < -0.3 is 9.47 Å². The van der Waals surface area contributed by atoms with Crippen LogP contribution in [0.1, 0.15) is 12.5 Å². The second kappa shape index (κ2) is 9.49. The van der Waals surface area contributed by atoms with E-state index >= 15 is 0 Å². The Hall–Kier alpha value is -2.52. The van der Waals surface area contributed by atoms with Crippen molar-refractivity contribution in [1.29, 1.82) is 5.26 Å². The molecule has 6 nitrogen and oxygen atoms in total. The number of nitrogens with zero attached hydrogens (tertiary/aromatic N) is 2. The molecule has 0 spiro atoms. The molecule has 0 bridgehead atoms. The van der Waals surface area contributed by atoms with E-state index in [9.17, 15) is 14.9 Å². The van der Waals surface area contributed by atoms with Gasteiger partial charge in [0.2, 0.25) is 0 Å². The number of amides is 1. The summed E-state index contributed by atoms with van der Waals surface area (Å²) in [6.07, 6.45) is 0.834. The lowest BCUT2D eigenvalue weighted by molar-refractivity contribution is -0.141. The third-order valence-electron chi connectivity index (χ3n) is 2.77. The molecule has 1 rings (SSSR count). The standard InChI is InChI=1S/C16H17ClN2O4/c1-3-23-16(21)19(11-15(20)22-2)10-13(9-18)7-12-5-4-6-14(17)8-12/h4-6,8,10H,3,7,11H2,1-2H3/b13-10+. The van der Waals surface area contributed by atoms with Crippen LogP contribution in [0.15, 0.2) is 36.0 Å². The average Bonchev–Trinajstić information content (AvgIpc) is 2.53. The predicted molar refractivity (Wildman–Crippen MR) is 84.6 cm³/mol. The molecule has 0 N–H and O–H groups in total. The highest BCUT2D eigenvalue weighted by Gasteiger charge is 2.18. The summed E-state index contributed by atoms with van der Waals surface area (Å²) < 4.78 is 9.41. The first-order chi connectivity index (χ1) is 11.0. The van der Waals surface area contributed by atoms with E-state index in [1.54, 1.807) is 25.1 Å². The molecule has 0 saturated carbocycles. The first-order valence-electron chi connectivity index (χ1n) is 6.85. The molecular formula is C16H17ClN2O4. The van der Waals surface area contributed by atoms with Gasteiger partial charge in [0.1, 0.15) is 6.54 Å². The van der Waals surface area contributed by atoms with Gasteiger partial charge in [-0.25, -0.2) is 4.79 Å². The number of ether oxygens (including phenoxy) is 2. The van der Waals surface area contributed by atoms with Crippen LogP contribution in [0.4, 0.5) is 4.79 Å². The highest BCUT2D eigenvalue weighted by atomic mass is 35.5. The normalized spacial score (nSPS) is 10.6. The van der Waals surface area contributed by atoms with Gasteiger partial charge in [-0.2, -0.15) is 5.26 Å². The number of nitriles is 1. The molecule has 122 valence electrons. The molecule has 1 aromatic carbocycles. The van der Waals surface area contributed by atoms with Crippen molar-refractivity contribution in [3.63, 3.8) is 0 Å². The van der Waals surface area contributed by atoms with E-state index in [-0.39, 0.29) is 25.1 Å². The quantitative estimate of drug-likeness (QED) is 0.589. The fourth-order valence-corrected chi connectivity index (χ4v) is 1.95. The maximum Gasteiger partial charge on any atom is 0.414 e. The van der Waals surface area contributed by atoms with Crippen LogP contribution in [0.3, 0.4) is 0 Å². The Morgan fingerprint density at radius 2 is 2.17 bits per heavy atom. The lowest BCUT2D eigenvalue weighted by Gasteiger charge is -2.17. The molecule has 23 heavy (non-hydrogen) atoms. The third kappa shape index (κ3) is 6.41. The molecule has 0 aliphatic carbocycles. The monoisotopic (exact) mass is 336 g/mol. The zero-order valence-electron chi connectivity index (χ0n) is 12.9. The summed E-state index contributed by atoms with van der Waals surface area (Å²) in [7, 11) is 1.21. The van der Waals surface area contributed by atoms with Crippen LogP contribution in [-0.4, -0.2) is 37.2 Å². The van der Waals surface area contributed by atoms with Gasteiger partial charge in [0, 0.05) is 17.6 Å². The lowest BCUT2D eigenvalue weighted by atomic mass is 10.1. The van der Waals surface area contributed by atoms with Gasteiger partial charge in [-0.05, 0) is 24.6 Å². The predicted octanol–water partition coefficient (Wildman–Crippen LogP) is 2.92. The Balaban J connectivity index is 2.98. The molecule has 0 aliphatic heterocycles. The number of benzene rings is 1. The van der Waals surface area contributed by atoms with Crippen LogP contribution in [0.5, 0.6) is 0 Å². The Morgan fingerprint density at radius 1 is 1.43 bits per heavy atom. The van der Waals surface area contributed by atoms with Gasteiger partial charge in [0.05, 0.1) is 25.4 Å². The summed E-state index contributed by atoms with van der Waals surface area (Å²) in [5, 5.41) is 9.81. The van der Waals surface area contributed by atoms with E-state index in [1.807, 2.05) is 12.1 Å². The van der Waals surface area contributed by atoms with Crippen molar-refractivity contribution >= 4 is 23.7 Å². The SMILES string of the molecule is CCOC(=O)N(/C=C(/C#N)Cc1cccc(Cl)c1)CC(=O)OC. The van der Waals surface area contributed by atoms with Crippen LogP contribution in [0.2, 0.25) is 5.02 Å². The van der Waals surface area contributed by atoms with Crippen molar-refractivity contribution in [2.24, 2.45) is 0 Å². The van der Waals surface area contributed by atoms with Gasteiger partial charge in [-0.3, -0.25) is 9.69 Å². The number of hydrogen-bond donors (Lipinski definition) is 0. The molecule has 0 atom stereocenters. The first kappa shape index (κ1) is 18.5. The minimum atomic E-state index is -0.725. The molecular weight excluding hydrogens is 320 g/mol. The Kier molecular flexibility index (Phi) is 7.64. The Bertz CT molecular complexity index is 637. The zero-order chi connectivity index (χ0) is 17.2. The highest BCUT2D eigenvalue weighted by molar-refractivity contribution is 6.30. The molecule has 0 aliphatic rings. The topological polar surface area (TPSA) is 79.6 Å². The van der Waals surface area contributed by atoms with Gasteiger partial charge in [-0.1, -0.05) is 23.7 Å². The lowest BCUT2D eigenvalue weighted by Crippen LogP contribution is -2.32. The second-order valence-electron chi connectivity index (χ2n) is 4.48. The minimum absolute atomic E-state index is 0.153. The number of esters is 1. The largest absolute Gasteiger partial charge is 0.468 e. The van der Waals surface area contributed by atoms with E-state index in [4.69, 9.17) is 16.3 Å². The smallest absolute Gasteiger partial charge is 0.414 e. The van der Waals surface area contributed by atoms with Crippen LogP contribution in [-0.2, 0) is 20.7 Å². The second-order valence-corrected chi connectivity index (χ2v) is 4.91. The Morgan fingerprint density at radius 3 is 2.74 bits per heavy atom. The van der Waals surface area contributed by atoms with E-state index in [0.717, 1.165) is 10.5 Å². The molecule has 0 saturated heterocycles. The van der Waals surface area contributed by atoms with Crippen molar-refractivity contribution in [2.75, 3.05) is 20.3 Å². The molecule has 7 heteroatoms. The van der Waals surface area contributed by atoms with Crippen molar-refractivity contribution in [3.8, 4) is 6.07 Å². The Labute approximate surface area is 139 Å². The summed E-state index contributed by atoms with van der Waals surface area (Å²) in [5.74, 6) is -0.616. The summed E-state index contributed by atoms with van der Waals surface area (Å²) in [6.45, 7) is 1.46. The maximum absolute atomic E-state index is 11.9. The molecule has 0 fully saturated rings. The van der Waals surface area contributed by atoms with Crippen molar-refractivity contribution < 1.29 is 19.1 Å². The van der Waals surface area contributed by atoms with Crippen LogP contribution < -0.4 is 0 Å². The molecule has 1 aromatic rings. The van der Waals surface area contributed by atoms with E-state index in [1.165, 1.54) is 13.3 Å². The number of rotatable bonds is 6. The zero-order valence-corrected chi connectivity index (χ0v) is 13.7. The fraction of sp³-hybridized carbons (Fsp3) is 0.312. The molecule has 0 heterocycles. The van der Waals surface area contributed by atoms with Crippen molar-refractivity contribution in [1.82, 2.24) is 4.90 Å².